The van der Waals surface area contributed by atoms with Crippen molar-refractivity contribution in [1.29, 1.82) is 0 Å². The van der Waals surface area contributed by atoms with E-state index in [4.69, 9.17) is 4.74 Å². The van der Waals surface area contributed by atoms with Crippen LogP contribution in [0.25, 0.3) is 5.57 Å². The topological polar surface area (TPSA) is 115 Å². The Labute approximate surface area is 216 Å². The van der Waals surface area contributed by atoms with Crippen LogP contribution in [-0.4, -0.2) is 30.1 Å². The second-order valence-corrected chi connectivity index (χ2v) is 11.6. The number of Topliss-reactive ketones (excluding diaryl/α,β-unsaturated/α-hetero) is 1. The molecule has 192 valence electrons. The van der Waals surface area contributed by atoms with Crippen LogP contribution in [0.3, 0.4) is 0 Å². The molecule has 1 amide bonds. The zero-order chi connectivity index (χ0) is 27.0. The fourth-order valence-electron chi connectivity index (χ4n) is 4.33. The second-order valence-electron chi connectivity index (χ2n) is 9.95. The lowest BCUT2D eigenvalue weighted by Gasteiger charge is -2.26. The molecule has 1 aliphatic carbocycles. The molecule has 0 spiro atoms. The van der Waals surface area contributed by atoms with Gasteiger partial charge in [0.05, 0.1) is 5.69 Å². The number of nitrogens with one attached hydrogen (secondary N) is 1. The predicted octanol–water partition coefficient (Wildman–Crippen LogP) is 5.09. The number of pyridine rings is 2. The van der Waals surface area contributed by atoms with Gasteiger partial charge in [0.2, 0.25) is 5.88 Å². The van der Waals surface area contributed by atoms with Crippen molar-refractivity contribution in [3.63, 3.8) is 0 Å². The van der Waals surface area contributed by atoms with Crippen molar-refractivity contribution in [2.24, 2.45) is 5.41 Å². The van der Waals surface area contributed by atoms with Gasteiger partial charge in [-0.15, -0.1) is 0 Å². The van der Waals surface area contributed by atoms with Crippen LogP contribution in [0.15, 0.2) is 59.8 Å². The summed E-state index contributed by atoms with van der Waals surface area (Å²) in [7, 11) is -4.23. The van der Waals surface area contributed by atoms with Crippen molar-refractivity contribution in [2.75, 3.05) is 0 Å². The summed E-state index contributed by atoms with van der Waals surface area (Å²) < 4.78 is 33.7. The zero-order valence-corrected chi connectivity index (χ0v) is 22.3. The summed E-state index contributed by atoms with van der Waals surface area (Å²) in [6.45, 7) is 9.80. The zero-order valence-electron chi connectivity index (χ0n) is 21.5. The minimum Gasteiger partial charge on any atom is -0.438 e. The molecule has 1 N–H and O–H groups in total. The van der Waals surface area contributed by atoms with Gasteiger partial charge in [-0.3, -0.25) is 9.59 Å². The van der Waals surface area contributed by atoms with E-state index in [-0.39, 0.29) is 27.7 Å². The molecule has 1 aliphatic rings. The number of hydrogen-bond donors (Lipinski definition) is 1. The Balaban J connectivity index is 1.80. The fourth-order valence-corrected chi connectivity index (χ4v) is 5.25. The van der Waals surface area contributed by atoms with Crippen LogP contribution < -0.4 is 9.46 Å². The predicted molar refractivity (Wildman–Crippen MR) is 140 cm³/mol. The molecule has 0 aliphatic heterocycles. The van der Waals surface area contributed by atoms with Crippen LogP contribution >= 0.6 is 0 Å². The van der Waals surface area contributed by atoms with Crippen LogP contribution in [0.5, 0.6) is 11.6 Å². The number of carbonyl (C=O) groups excluding carboxylic acids is 2. The van der Waals surface area contributed by atoms with Gasteiger partial charge in [0, 0.05) is 18.2 Å². The number of allylic oxidation sites excluding steroid dienone is 2. The van der Waals surface area contributed by atoms with E-state index < -0.39 is 15.9 Å². The third-order valence-corrected chi connectivity index (χ3v) is 7.40. The van der Waals surface area contributed by atoms with Gasteiger partial charge in [0.15, 0.2) is 10.8 Å². The van der Waals surface area contributed by atoms with E-state index in [0.29, 0.717) is 23.4 Å². The van der Waals surface area contributed by atoms with E-state index >= 15 is 0 Å². The first kappa shape index (κ1) is 26.2. The first-order valence-electron chi connectivity index (χ1n) is 11.9. The smallest absolute Gasteiger partial charge is 0.281 e. The first-order valence-corrected chi connectivity index (χ1v) is 13.4. The third kappa shape index (κ3) is 5.77. The number of ether oxygens (including phenoxy) is 1. The molecule has 0 unspecified atom stereocenters. The van der Waals surface area contributed by atoms with Crippen LogP contribution in [0.2, 0.25) is 0 Å². The largest absolute Gasteiger partial charge is 0.438 e. The first-order chi connectivity index (χ1) is 17.4. The molecule has 0 fully saturated rings. The van der Waals surface area contributed by atoms with Crippen LogP contribution in [-0.2, 0) is 14.8 Å². The highest BCUT2D eigenvalue weighted by atomic mass is 32.2. The van der Waals surface area contributed by atoms with E-state index in [1.54, 1.807) is 6.07 Å². The number of hydrogen-bond acceptors (Lipinski definition) is 7. The van der Waals surface area contributed by atoms with Gasteiger partial charge >= 0.3 is 0 Å². The van der Waals surface area contributed by atoms with Crippen LogP contribution in [0.4, 0.5) is 0 Å². The SMILES string of the molecule is Cc1cc(C)c(Oc2nc(C3=CC(C)(C)CCC3=O)ccc2C(=O)NS(=O)(=O)c2ccccn2)c(C)c1. The minimum absolute atomic E-state index is 0.0459. The summed E-state index contributed by atoms with van der Waals surface area (Å²) in [5, 5.41) is -0.291. The lowest BCUT2D eigenvalue weighted by molar-refractivity contribution is -0.114. The molecule has 0 atom stereocenters. The van der Waals surface area contributed by atoms with Gasteiger partial charge in [0.1, 0.15) is 11.3 Å². The van der Waals surface area contributed by atoms with E-state index in [1.807, 2.05) is 57.5 Å². The molecule has 0 saturated carbocycles. The number of rotatable bonds is 6. The molecule has 4 rings (SSSR count). The number of benzene rings is 1. The average molecular weight is 520 g/mol. The Morgan fingerprint density at radius 1 is 1.05 bits per heavy atom. The quantitative estimate of drug-likeness (QED) is 0.482. The Morgan fingerprint density at radius 2 is 1.76 bits per heavy atom. The lowest BCUT2D eigenvalue weighted by Crippen LogP contribution is -2.31. The maximum Gasteiger partial charge on any atom is 0.281 e. The second kappa shape index (κ2) is 9.89. The molecule has 37 heavy (non-hydrogen) atoms. The van der Waals surface area contributed by atoms with E-state index in [9.17, 15) is 18.0 Å². The molecule has 3 aromatic rings. The molecule has 2 heterocycles. The monoisotopic (exact) mass is 519 g/mol. The fraction of sp³-hybridized carbons (Fsp3) is 0.286. The molecule has 8 nitrogen and oxygen atoms in total. The van der Waals surface area contributed by atoms with Gasteiger partial charge in [-0.05, 0) is 68.0 Å². The third-order valence-electron chi connectivity index (χ3n) is 6.16. The summed E-state index contributed by atoms with van der Waals surface area (Å²) in [6, 6.07) is 11.2. The van der Waals surface area contributed by atoms with Gasteiger partial charge in [-0.1, -0.05) is 43.7 Å². The van der Waals surface area contributed by atoms with Crippen molar-refractivity contribution < 1.29 is 22.7 Å². The number of sulfonamides is 1. The molecule has 2 aromatic heterocycles. The van der Waals surface area contributed by atoms with Crippen molar-refractivity contribution in [3.8, 4) is 11.6 Å². The number of aryl methyl sites for hydroxylation is 3. The highest BCUT2D eigenvalue weighted by Crippen LogP contribution is 2.37. The number of carbonyl (C=O) groups is 2. The van der Waals surface area contributed by atoms with Crippen molar-refractivity contribution in [2.45, 2.75) is 52.5 Å². The summed E-state index contributed by atoms with van der Waals surface area (Å²) >= 11 is 0. The van der Waals surface area contributed by atoms with Crippen molar-refractivity contribution in [1.82, 2.24) is 14.7 Å². The number of ketones is 1. The maximum absolute atomic E-state index is 13.2. The molecule has 0 saturated heterocycles. The van der Waals surface area contributed by atoms with Crippen molar-refractivity contribution >= 4 is 27.3 Å². The van der Waals surface area contributed by atoms with Gasteiger partial charge in [-0.25, -0.2) is 14.7 Å². The van der Waals surface area contributed by atoms with E-state index in [2.05, 4.69) is 9.97 Å². The van der Waals surface area contributed by atoms with Gasteiger partial charge in [0.25, 0.3) is 15.9 Å². The van der Waals surface area contributed by atoms with Crippen LogP contribution in [0.1, 0.15) is 59.4 Å². The molecule has 0 bridgehead atoms. The van der Waals surface area contributed by atoms with E-state index in [0.717, 1.165) is 23.1 Å². The maximum atomic E-state index is 13.2. The van der Waals surface area contributed by atoms with Gasteiger partial charge in [-0.2, -0.15) is 8.42 Å². The number of aromatic nitrogens is 2. The molecule has 9 heteroatoms. The Morgan fingerprint density at radius 3 is 2.41 bits per heavy atom. The normalized spacial score (nSPS) is 15.2. The highest BCUT2D eigenvalue weighted by molar-refractivity contribution is 7.90. The standard InChI is InChI=1S/C28H29N3O5S/c1-17-14-18(2)25(19(3)15-17)36-27-20(26(33)31-37(34,35)24-8-6-7-13-29-24)9-10-22(30-27)21-16-28(4,5)12-11-23(21)32/h6-10,13-16H,11-12H2,1-5H3,(H,31,33). The summed E-state index contributed by atoms with van der Waals surface area (Å²) in [6.07, 6.45) is 4.33. The molecular formula is C28H29N3O5S. The Kier molecular flexibility index (Phi) is 7.01. The molecule has 1 aromatic carbocycles. The minimum atomic E-state index is -4.23. The van der Waals surface area contributed by atoms with E-state index in [1.165, 1.54) is 30.5 Å². The molecule has 0 radical (unpaired) electrons. The lowest BCUT2D eigenvalue weighted by atomic mass is 9.78. The summed E-state index contributed by atoms with van der Waals surface area (Å²) in [5.74, 6) is -0.568. The van der Waals surface area contributed by atoms with Gasteiger partial charge < -0.3 is 4.74 Å². The Hall–Kier alpha value is -3.85. The summed E-state index contributed by atoms with van der Waals surface area (Å²) in [5.41, 5.74) is 3.22. The Bertz CT molecular complexity index is 1500. The number of nitrogens with zero attached hydrogens (tertiary/aromatic N) is 2. The highest BCUT2D eigenvalue weighted by Gasteiger charge is 2.29. The summed E-state index contributed by atoms with van der Waals surface area (Å²) in [4.78, 5) is 34.3. The average Bonchev–Trinajstić information content (AvgIpc) is 2.83. The van der Waals surface area contributed by atoms with Crippen LogP contribution in [0, 0.1) is 26.2 Å². The van der Waals surface area contributed by atoms with Crippen molar-refractivity contribution in [3.05, 3.63) is 82.7 Å². The molecular weight excluding hydrogens is 490 g/mol. The number of amides is 1.